The van der Waals surface area contributed by atoms with Gasteiger partial charge in [0.2, 0.25) is 0 Å². The lowest BCUT2D eigenvalue weighted by Crippen LogP contribution is -2.46. The number of ether oxygens (including phenoxy) is 1. The smallest absolute Gasteiger partial charge is 0.316 e. The van der Waals surface area contributed by atoms with Gasteiger partial charge in [-0.05, 0) is 36.7 Å². The van der Waals surface area contributed by atoms with E-state index >= 15 is 0 Å². The van der Waals surface area contributed by atoms with Crippen LogP contribution in [0.2, 0.25) is 18.1 Å². The van der Waals surface area contributed by atoms with Gasteiger partial charge in [-0.3, -0.25) is 9.59 Å². The van der Waals surface area contributed by atoms with Crippen LogP contribution in [0.25, 0.3) is 0 Å². The predicted molar refractivity (Wildman–Crippen MR) is 107 cm³/mol. The first-order chi connectivity index (χ1) is 11.5. The van der Waals surface area contributed by atoms with Crippen molar-refractivity contribution in [2.24, 2.45) is 5.73 Å². The fraction of sp³-hybridized carbons (Fsp3) is 0.579. The molecule has 5 N–H and O–H groups in total. The largest absolute Gasteiger partial charge is 0.413 e. The molecule has 0 aromatic heterocycles. The van der Waals surface area contributed by atoms with E-state index in [9.17, 15) is 9.59 Å². The highest BCUT2D eigenvalue weighted by atomic mass is 28.4. The Morgan fingerprint density at radius 1 is 1.12 bits per heavy atom. The molecule has 0 radical (unpaired) electrons. The maximum absolute atomic E-state index is 11.1. The summed E-state index contributed by atoms with van der Waals surface area (Å²) in [4.78, 5) is 22.2. The van der Waals surface area contributed by atoms with Crippen molar-refractivity contribution < 1.29 is 18.8 Å². The third kappa shape index (κ3) is 8.22. The molecule has 0 amide bonds. The Morgan fingerprint density at radius 3 is 2.04 bits per heavy atom. The Kier molecular flexibility index (Phi) is 9.94. The normalized spacial score (nSPS) is 15.5. The average Bonchev–Trinajstić information content (AvgIpc) is 2.46. The van der Waals surface area contributed by atoms with Crippen LogP contribution in [-0.4, -0.2) is 32.9 Å². The number of rotatable bonds is 4. The van der Waals surface area contributed by atoms with Gasteiger partial charge in [0.25, 0.3) is 0 Å². The first-order valence-electron chi connectivity index (χ1n) is 8.70. The Bertz CT molecular complexity index is 555. The van der Waals surface area contributed by atoms with Crippen molar-refractivity contribution in [2.45, 2.75) is 64.3 Å². The van der Waals surface area contributed by atoms with Crippen molar-refractivity contribution in [3.63, 3.8) is 0 Å². The molecular weight excluding hydrogens is 348 g/mol. The van der Waals surface area contributed by atoms with E-state index in [1.54, 1.807) is 0 Å². The molecule has 0 unspecified atom stereocenters. The van der Waals surface area contributed by atoms with Crippen molar-refractivity contribution >= 4 is 20.3 Å². The zero-order valence-electron chi connectivity index (χ0n) is 16.7. The van der Waals surface area contributed by atoms with Crippen LogP contribution in [0.15, 0.2) is 30.3 Å². The SMILES string of the molecule is CC(C)(C)[Si](C)(C)OC1CC(=O)OC(=O)C1.N.NCCc1ccccc1. The Hall–Kier alpha value is -1.54. The fourth-order valence-corrected chi connectivity index (χ4v) is 3.50. The number of nitrogens with two attached hydrogens (primary N) is 1. The Labute approximate surface area is 158 Å². The Balaban J connectivity index is 0.000000532. The second-order valence-corrected chi connectivity index (χ2v) is 12.5. The van der Waals surface area contributed by atoms with Crippen molar-refractivity contribution in [3.05, 3.63) is 35.9 Å². The van der Waals surface area contributed by atoms with Gasteiger partial charge in [-0.15, -0.1) is 0 Å². The van der Waals surface area contributed by atoms with Gasteiger partial charge in [-0.1, -0.05) is 51.1 Å². The summed E-state index contributed by atoms with van der Waals surface area (Å²) in [6.45, 7) is 11.3. The molecule has 0 bridgehead atoms. The van der Waals surface area contributed by atoms with Crippen molar-refractivity contribution in [1.82, 2.24) is 6.15 Å². The summed E-state index contributed by atoms with van der Waals surface area (Å²) in [5.41, 5.74) is 6.68. The molecule has 0 aliphatic carbocycles. The molecule has 26 heavy (non-hydrogen) atoms. The lowest BCUT2D eigenvalue weighted by Gasteiger charge is -2.39. The van der Waals surface area contributed by atoms with E-state index < -0.39 is 20.3 Å². The van der Waals surface area contributed by atoms with Gasteiger partial charge < -0.3 is 21.0 Å². The van der Waals surface area contributed by atoms with E-state index in [-0.39, 0.29) is 30.1 Å². The van der Waals surface area contributed by atoms with Crippen LogP contribution in [0.4, 0.5) is 0 Å². The van der Waals surface area contributed by atoms with Crippen molar-refractivity contribution in [2.75, 3.05) is 6.54 Å². The topological polar surface area (TPSA) is 114 Å². The third-order valence-corrected chi connectivity index (χ3v) is 9.09. The minimum absolute atomic E-state index is 0. The lowest BCUT2D eigenvalue weighted by molar-refractivity contribution is -0.167. The number of hydrogen-bond acceptors (Lipinski definition) is 6. The summed E-state index contributed by atoms with van der Waals surface area (Å²) < 4.78 is 10.5. The van der Waals surface area contributed by atoms with Gasteiger partial charge in [0.05, 0.1) is 18.9 Å². The van der Waals surface area contributed by atoms with E-state index in [2.05, 4.69) is 50.7 Å². The molecule has 0 spiro atoms. The molecule has 0 saturated carbocycles. The van der Waals surface area contributed by atoms with Crippen LogP contribution in [0, 0.1) is 0 Å². The first-order valence-corrected chi connectivity index (χ1v) is 11.6. The van der Waals surface area contributed by atoms with Gasteiger partial charge in [-0.25, -0.2) is 0 Å². The molecule has 0 atom stereocenters. The molecule has 2 rings (SSSR count). The molecule has 1 aromatic rings. The van der Waals surface area contributed by atoms with Gasteiger partial charge in [-0.2, -0.15) is 0 Å². The van der Waals surface area contributed by atoms with E-state index in [0.29, 0.717) is 0 Å². The number of esters is 2. The molecule has 1 fully saturated rings. The quantitative estimate of drug-likeness (QED) is 0.467. The molecule has 148 valence electrons. The number of carbonyl (C=O) groups excluding carboxylic acids is 2. The Morgan fingerprint density at radius 2 is 1.62 bits per heavy atom. The van der Waals surface area contributed by atoms with Crippen LogP contribution in [0.3, 0.4) is 0 Å². The fourth-order valence-electron chi connectivity index (χ4n) is 2.14. The maximum Gasteiger partial charge on any atom is 0.316 e. The van der Waals surface area contributed by atoms with Crippen LogP contribution < -0.4 is 11.9 Å². The molecule has 6 nitrogen and oxygen atoms in total. The van der Waals surface area contributed by atoms with E-state index in [4.69, 9.17) is 10.2 Å². The number of hydrogen-bond donors (Lipinski definition) is 2. The first kappa shape index (κ1) is 24.5. The number of cyclic esters (lactones) is 2. The summed E-state index contributed by atoms with van der Waals surface area (Å²) in [6.07, 6.45) is 1.08. The second kappa shape index (κ2) is 10.6. The average molecular weight is 383 g/mol. The van der Waals surface area contributed by atoms with Crippen molar-refractivity contribution in [3.8, 4) is 0 Å². The summed E-state index contributed by atoms with van der Waals surface area (Å²) in [6, 6.07) is 10.3. The number of carbonyl (C=O) groups is 2. The zero-order chi connectivity index (χ0) is 19.1. The maximum atomic E-state index is 11.1. The summed E-state index contributed by atoms with van der Waals surface area (Å²) in [5.74, 6) is -0.945. The monoisotopic (exact) mass is 382 g/mol. The van der Waals surface area contributed by atoms with E-state index in [1.807, 2.05) is 18.2 Å². The molecule has 1 aromatic carbocycles. The molecular formula is C19H34N2O4Si. The molecule has 7 heteroatoms. The third-order valence-electron chi connectivity index (χ3n) is 4.56. The number of benzene rings is 1. The summed E-state index contributed by atoms with van der Waals surface area (Å²) in [7, 11) is -1.91. The summed E-state index contributed by atoms with van der Waals surface area (Å²) >= 11 is 0. The van der Waals surface area contributed by atoms with Crippen LogP contribution in [-0.2, 0) is 25.2 Å². The second-order valence-electron chi connectivity index (χ2n) is 7.78. The van der Waals surface area contributed by atoms with Crippen LogP contribution in [0.5, 0.6) is 0 Å². The van der Waals surface area contributed by atoms with Crippen LogP contribution >= 0.6 is 0 Å². The predicted octanol–water partition coefficient (Wildman–Crippen LogP) is 3.59. The highest BCUT2D eigenvalue weighted by Gasteiger charge is 2.41. The van der Waals surface area contributed by atoms with Crippen LogP contribution in [0.1, 0.15) is 39.2 Å². The molecule has 1 saturated heterocycles. The standard InChI is InChI=1S/C11H20O4Si.C8H11N.H3N/c1-11(2,3)16(4,5)15-8-6-9(12)14-10(13)7-8;9-7-6-8-4-2-1-3-5-8;/h8H,6-7H2,1-5H3;1-5H,6-7,9H2;1H3. The van der Waals surface area contributed by atoms with Gasteiger partial charge in [0.1, 0.15) is 0 Å². The minimum atomic E-state index is -1.91. The summed E-state index contributed by atoms with van der Waals surface area (Å²) in [5, 5.41) is 0.0808. The van der Waals surface area contributed by atoms with E-state index in [1.165, 1.54) is 5.56 Å². The van der Waals surface area contributed by atoms with Gasteiger partial charge in [0.15, 0.2) is 8.32 Å². The van der Waals surface area contributed by atoms with Crippen molar-refractivity contribution in [1.29, 1.82) is 0 Å². The lowest BCUT2D eigenvalue weighted by atomic mass is 10.1. The minimum Gasteiger partial charge on any atom is -0.413 e. The molecule has 1 aliphatic heterocycles. The van der Waals surface area contributed by atoms with Gasteiger partial charge >= 0.3 is 11.9 Å². The molecule has 1 aliphatic rings. The molecule has 1 heterocycles. The van der Waals surface area contributed by atoms with Gasteiger partial charge in [0, 0.05) is 0 Å². The highest BCUT2D eigenvalue weighted by Crippen LogP contribution is 2.38. The highest BCUT2D eigenvalue weighted by molar-refractivity contribution is 6.74. The zero-order valence-corrected chi connectivity index (χ0v) is 17.7. The van der Waals surface area contributed by atoms with E-state index in [0.717, 1.165) is 13.0 Å².